The first-order valence-electron chi connectivity index (χ1n) is 9.68. The SMILES string of the molecule is COc1ccc(NC(=O)COC(=O)c2c3c(nc4ccccc24)CCC3)c([N+](=O)[O-])c1. The van der Waals surface area contributed by atoms with E-state index in [2.05, 4.69) is 10.3 Å². The topological polar surface area (TPSA) is 121 Å². The Morgan fingerprint density at radius 3 is 2.77 bits per heavy atom. The summed E-state index contributed by atoms with van der Waals surface area (Å²) in [4.78, 5) is 40.5. The lowest BCUT2D eigenvalue weighted by atomic mass is 10.0. The number of rotatable bonds is 6. The predicted molar refractivity (Wildman–Crippen MR) is 112 cm³/mol. The number of aryl methyl sites for hydroxylation is 1. The van der Waals surface area contributed by atoms with Crippen molar-refractivity contribution in [2.24, 2.45) is 0 Å². The van der Waals surface area contributed by atoms with Crippen LogP contribution < -0.4 is 10.1 Å². The lowest BCUT2D eigenvalue weighted by Gasteiger charge is -2.12. The molecule has 1 aliphatic rings. The lowest BCUT2D eigenvalue weighted by Crippen LogP contribution is -2.22. The highest BCUT2D eigenvalue weighted by atomic mass is 16.6. The highest BCUT2D eigenvalue weighted by Crippen LogP contribution is 2.31. The number of pyridine rings is 1. The number of carbonyl (C=O) groups excluding carboxylic acids is 2. The van der Waals surface area contributed by atoms with Gasteiger partial charge in [-0.3, -0.25) is 19.9 Å². The Bertz CT molecular complexity index is 1210. The zero-order valence-corrected chi connectivity index (χ0v) is 16.7. The summed E-state index contributed by atoms with van der Waals surface area (Å²) in [5, 5.41) is 14.4. The van der Waals surface area contributed by atoms with Crippen LogP contribution in [0.2, 0.25) is 0 Å². The summed E-state index contributed by atoms with van der Waals surface area (Å²) in [6, 6.07) is 11.4. The molecule has 3 aromatic rings. The Hall–Kier alpha value is -4.01. The van der Waals surface area contributed by atoms with Crippen LogP contribution in [0.5, 0.6) is 5.75 Å². The van der Waals surface area contributed by atoms with E-state index >= 15 is 0 Å². The van der Waals surface area contributed by atoms with Crippen molar-refractivity contribution in [1.82, 2.24) is 4.98 Å². The van der Waals surface area contributed by atoms with E-state index in [9.17, 15) is 19.7 Å². The Morgan fingerprint density at radius 1 is 1.19 bits per heavy atom. The number of para-hydroxylation sites is 1. The second-order valence-corrected chi connectivity index (χ2v) is 7.05. The number of benzene rings is 2. The van der Waals surface area contributed by atoms with Gasteiger partial charge in [-0.1, -0.05) is 18.2 Å². The van der Waals surface area contributed by atoms with Gasteiger partial charge in [0.25, 0.3) is 11.6 Å². The average molecular weight is 421 g/mol. The van der Waals surface area contributed by atoms with E-state index in [1.54, 1.807) is 6.07 Å². The zero-order valence-electron chi connectivity index (χ0n) is 16.7. The molecule has 0 radical (unpaired) electrons. The fourth-order valence-corrected chi connectivity index (χ4v) is 3.73. The van der Waals surface area contributed by atoms with E-state index < -0.39 is 23.4 Å². The van der Waals surface area contributed by atoms with Gasteiger partial charge < -0.3 is 14.8 Å². The quantitative estimate of drug-likeness (QED) is 0.368. The van der Waals surface area contributed by atoms with Crippen LogP contribution >= 0.6 is 0 Å². The van der Waals surface area contributed by atoms with Gasteiger partial charge in [0.15, 0.2) is 6.61 Å². The molecule has 0 aliphatic heterocycles. The van der Waals surface area contributed by atoms with Gasteiger partial charge in [-0.05, 0) is 43.0 Å². The summed E-state index contributed by atoms with van der Waals surface area (Å²) < 4.78 is 10.2. The van der Waals surface area contributed by atoms with Crippen LogP contribution in [-0.2, 0) is 22.4 Å². The van der Waals surface area contributed by atoms with Crippen LogP contribution in [0.4, 0.5) is 11.4 Å². The van der Waals surface area contributed by atoms with Gasteiger partial charge in [0, 0.05) is 11.1 Å². The number of nitrogens with zero attached hydrogens (tertiary/aromatic N) is 2. The molecule has 0 spiro atoms. The smallest absolute Gasteiger partial charge is 0.339 e. The molecule has 0 atom stereocenters. The third-order valence-electron chi connectivity index (χ3n) is 5.13. The molecule has 1 aliphatic carbocycles. The molecule has 0 saturated carbocycles. The molecule has 31 heavy (non-hydrogen) atoms. The summed E-state index contributed by atoms with van der Waals surface area (Å²) in [6.45, 7) is -0.576. The molecule has 2 aromatic carbocycles. The fourth-order valence-electron chi connectivity index (χ4n) is 3.73. The average Bonchev–Trinajstić information content (AvgIpc) is 3.23. The second kappa shape index (κ2) is 8.39. The van der Waals surface area contributed by atoms with E-state index in [0.717, 1.165) is 30.5 Å². The van der Waals surface area contributed by atoms with Crippen molar-refractivity contribution < 1.29 is 24.0 Å². The number of amides is 1. The highest BCUT2D eigenvalue weighted by molar-refractivity contribution is 6.06. The molecule has 1 heterocycles. The maximum absolute atomic E-state index is 12.9. The molecule has 1 N–H and O–H groups in total. The molecule has 4 rings (SSSR count). The monoisotopic (exact) mass is 421 g/mol. The Balaban J connectivity index is 1.52. The van der Waals surface area contributed by atoms with Crippen LogP contribution in [0.15, 0.2) is 42.5 Å². The van der Waals surface area contributed by atoms with Gasteiger partial charge >= 0.3 is 5.97 Å². The first-order valence-corrected chi connectivity index (χ1v) is 9.68. The summed E-state index contributed by atoms with van der Waals surface area (Å²) in [5.41, 5.74) is 2.53. The highest BCUT2D eigenvalue weighted by Gasteiger charge is 2.25. The van der Waals surface area contributed by atoms with Gasteiger partial charge in [-0.15, -0.1) is 0 Å². The van der Waals surface area contributed by atoms with E-state index in [0.29, 0.717) is 16.5 Å². The zero-order chi connectivity index (χ0) is 22.0. The van der Waals surface area contributed by atoms with Crippen molar-refractivity contribution in [3.05, 3.63) is 69.4 Å². The summed E-state index contributed by atoms with van der Waals surface area (Å²) in [5.74, 6) is -1.01. The standard InChI is InChI=1S/C22H19N3O6/c1-30-13-9-10-18(19(11-13)25(28)29)24-20(26)12-31-22(27)21-14-5-2-3-7-16(14)23-17-8-4-6-15(17)21/h2-3,5,7,9-11H,4,6,8,12H2,1H3,(H,24,26). The van der Waals surface area contributed by atoms with Gasteiger partial charge in [0.1, 0.15) is 11.4 Å². The molecule has 0 fully saturated rings. The number of nitrogens with one attached hydrogen (secondary N) is 1. The predicted octanol–water partition coefficient (Wildman–Crippen LogP) is 3.44. The van der Waals surface area contributed by atoms with E-state index in [1.807, 2.05) is 18.2 Å². The van der Waals surface area contributed by atoms with Crippen molar-refractivity contribution >= 4 is 34.2 Å². The Morgan fingerprint density at radius 2 is 2.00 bits per heavy atom. The minimum Gasteiger partial charge on any atom is -0.496 e. The van der Waals surface area contributed by atoms with Crippen LogP contribution in [0.1, 0.15) is 28.0 Å². The number of anilines is 1. The molecule has 0 saturated heterocycles. The summed E-state index contributed by atoms with van der Waals surface area (Å²) in [7, 11) is 1.39. The molecule has 0 unspecified atom stereocenters. The maximum Gasteiger partial charge on any atom is 0.339 e. The van der Waals surface area contributed by atoms with Crippen molar-refractivity contribution in [2.75, 3.05) is 19.0 Å². The number of methoxy groups -OCH3 is 1. The van der Waals surface area contributed by atoms with Crippen LogP contribution in [0, 0.1) is 10.1 Å². The second-order valence-electron chi connectivity index (χ2n) is 7.05. The first-order chi connectivity index (χ1) is 15.0. The van der Waals surface area contributed by atoms with Crippen molar-refractivity contribution in [1.29, 1.82) is 0 Å². The van der Waals surface area contributed by atoms with Gasteiger partial charge in [-0.2, -0.15) is 0 Å². The number of fused-ring (bicyclic) bond motifs is 2. The molecular weight excluding hydrogens is 402 g/mol. The van der Waals surface area contributed by atoms with Crippen LogP contribution in [0.3, 0.4) is 0 Å². The Labute approximate surface area is 177 Å². The molecule has 9 heteroatoms. The fraction of sp³-hybridized carbons (Fsp3) is 0.227. The van der Waals surface area contributed by atoms with E-state index in [1.165, 1.54) is 25.3 Å². The van der Waals surface area contributed by atoms with E-state index in [4.69, 9.17) is 9.47 Å². The molecule has 158 valence electrons. The largest absolute Gasteiger partial charge is 0.496 e. The number of hydrogen-bond donors (Lipinski definition) is 1. The van der Waals surface area contributed by atoms with Crippen molar-refractivity contribution in [2.45, 2.75) is 19.3 Å². The summed E-state index contributed by atoms with van der Waals surface area (Å²) in [6.07, 6.45) is 2.42. The lowest BCUT2D eigenvalue weighted by molar-refractivity contribution is -0.384. The molecule has 0 bridgehead atoms. The Kier molecular flexibility index (Phi) is 5.48. The molecule has 1 amide bonds. The number of ether oxygens (including phenoxy) is 2. The number of nitro benzene ring substituents is 1. The molecular formula is C22H19N3O6. The van der Waals surface area contributed by atoms with Crippen molar-refractivity contribution in [3.63, 3.8) is 0 Å². The maximum atomic E-state index is 12.9. The van der Waals surface area contributed by atoms with Crippen molar-refractivity contribution in [3.8, 4) is 5.75 Å². The third kappa shape index (κ3) is 4.02. The normalized spacial score (nSPS) is 12.3. The van der Waals surface area contributed by atoms with Gasteiger partial charge in [0.05, 0.1) is 29.2 Å². The third-order valence-corrected chi connectivity index (χ3v) is 5.13. The number of aromatic nitrogens is 1. The number of hydrogen-bond acceptors (Lipinski definition) is 7. The van der Waals surface area contributed by atoms with Gasteiger partial charge in [-0.25, -0.2) is 4.79 Å². The van der Waals surface area contributed by atoms with Gasteiger partial charge in [0.2, 0.25) is 0 Å². The minimum absolute atomic E-state index is 0.0119. The number of carbonyl (C=O) groups is 2. The van der Waals surface area contributed by atoms with Crippen LogP contribution in [0.25, 0.3) is 10.9 Å². The summed E-state index contributed by atoms with van der Waals surface area (Å²) >= 11 is 0. The van der Waals surface area contributed by atoms with Crippen LogP contribution in [-0.4, -0.2) is 35.5 Å². The molecule has 9 nitrogen and oxygen atoms in total. The first kappa shape index (κ1) is 20.3. The molecule has 1 aromatic heterocycles. The minimum atomic E-state index is -0.684. The van der Waals surface area contributed by atoms with E-state index in [-0.39, 0.29) is 17.1 Å². The number of nitro groups is 1. The number of esters is 1.